The minimum Gasteiger partial charge on any atom is -0.449 e. The van der Waals surface area contributed by atoms with Crippen LogP contribution in [0.2, 0.25) is 0 Å². The van der Waals surface area contributed by atoms with E-state index < -0.39 is 6.09 Å². The number of rotatable bonds is 38. The molecule has 0 heterocycles. The van der Waals surface area contributed by atoms with Gasteiger partial charge in [-0.25, -0.2) is 4.79 Å². The lowest BCUT2D eigenvalue weighted by Crippen LogP contribution is -2.27. The summed E-state index contributed by atoms with van der Waals surface area (Å²) in [6.45, 7) is 11.9. The first-order valence-corrected chi connectivity index (χ1v) is 21.0. The predicted molar refractivity (Wildman–Crippen MR) is 216 cm³/mol. The molecule has 11 heteroatoms. The summed E-state index contributed by atoms with van der Waals surface area (Å²) in [5, 5.41) is 2.81. The highest BCUT2D eigenvalue weighted by Gasteiger charge is 2.28. The van der Waals surface area contributed by atoms with Crippen molar-refractivity contribution in [2.24, 2.45) is 0 Å². The van der Waals surface area contributed by atoms with Crippen LogP contribution in [-0.2, 0) is 42.6 Å². The number of carbonyl (C=O) groups excluding carboxylic acids is 1. The maximum atomic E-state index is 12.3. The summed E-state index contributed by atoms with van der Waals surface area (Å²) in [6, 6.07) is 16.6. The van der Waals surface area contributed by atoms with Crippen molar-refractivity contribution >= 4 is 6.09 Å². The zero-order valence-electron chi connectivity index (χ0n) is 33.8. The van der Waals surface area contributed by atoms with Gasteiger partial charge in [-0.1, -0.05) is 113 Å². The number of hydrogen-bond donors (Lipinski definition) is 1. The van der Waals surface area contributed by atoms with E-state index >= 15 is 0 Å². The van der Waals surface area contributed by atoms with Crippen molar-refractivity contribution in [1.29, 1.82) is 0 Å². The molecule has 0 atom stereocenters. The minimum absolute atomic E-state index is 0.0547. The van der Waals surface area contributed by atoms with Gasteiger partial charge in [-0.3, -0.25) is 0 Å². The van der Waals surface area contributed by atoms with E-state index in [4.69, 9.17) is 42.6 Å². The molecule has 1 aliphatic carbocycles. The zero-order valence-corrected chi connectivity index (χ0v) is 33.8. The van der Waals surface area contributed by atoms with Gasteiger partial charge < -0.3 is 47.9 Å². The van der Waals surface area contributed by atoms with Crippen LogP contribution in [0.4, 0.5) is 4.79 Å². The monoisotopic (exact) mass is 774 g/mol. The van der Waals surface area contributed by atoms with Crippen molar-refractivity contribution < 1.29 is 47.4 Å². The summed E-state index contributed by atoms with van der Waals surface area (Å²) < 4.78 is 50.0. The van der Waals surface area contributed by atoms with Crippen LogP contribution in [-0.4, -0.2) is 125 Å². The fourth-order valence-electron chi connectivity index (χ4n) is 6.35. The van der Waals surface area contributed by atoms with E-state index in [-0.39, 0.29) is 5.92 Å². The van der Waals surface area contributed by atoms with E-state index in [2.05, 4.69) is 36.5 Å². The highest BCUT2D eigenvalue weighted by Crippen LogP contribution is 2.44. The fraction of sp³-hybridized carbons (Fsp3) is 0.705. The SMILES string of the molecule is CCCCCCCCCCCCOCCOCCOCCOCCOCCOCCOCCOCCCNC(=O)OCC1c2ccccc2-c2ccccc21. The first-order chi connectivity index (χ1) is 27.3. The van der Waals surface area contributed by atoms with Gasteiger partial charge in [-0.2, -0.15) is 0 Å². The van der Waals surface area contributed by atoms with Crippen molar-refractivity contribution in [2.75, 3.05) is 119 Å². The van der Waals surface area contributed by atoms with E-state index in [0.29, 0.717) is 119 Å². The molecular weight excluding hydrogens is 702 g/mol. The highest BCUT2D eigenvalue weighted by atomic mass is 16.6. The number of amides is 1. The number of ether oxygens (including phenoxy) is 9. The Labute approximate surface area is 331 Å². The number of carbonyl (C=O) groups is 1. The van der Waals surface area contributed by atoms with Crippen LogP contribution < -0.4 is 5.32 Å². The van der Waals surface area contributed by atoms with E-state index in [1.807, 2.05) is 24.3 Å². The van der Waals surface area contributed by atoms with E-state index in [9.17, 15) is 4.79 Å². The molecule has 0 fully saturated rings. The normalized spacial score (nSPS) is 12.2. The Bertz CT molecular complexity index is 1160. The van der Waals surface area contributed by atoms with Gasteiger partial charge >= 0.3 is 6.09 Å². The lowest BCUT2D eigenvalue weighted by molar-refractivity contribution is -0.0232. The molecule has 0 saturated carbocycles. The molecule has 312 valence electrons. The van der Waals surface area contributed by atoms with Gasteiger partial charge in [0, 0.05) is 25.7 Å². The van der Waals surface area contributed by atoms with Gasteiger partial charge in [0.25, 0.3) is 0 Å². The standard InChI is InChI=1S/C44H71NO10/c1-2-3-4-5-6-7-8-9-10-15-22-47-24-26-49-28-30-51-32-34-53-36-37-54-35-33-52-31-29-50-27-25-48-23-16-21-45-44(46)55-38-43-41-19-13-11-17-39(41)40-18-12-14-20-42(40)43/h11-14,17-20,43H,2-10,15-16,21-38H2,1H3,(H,45,46). The second kappa shape index (κ2) is 33.5. The molecule has 1 aliphatic rings. The van der Waals surface area contributed by atoms with Gasteiger partial charge in [-0.05, 0) is 35.1 Å². The number of hydrogen-bond acceptors (Lipinski definition) is 10. The number of nitrogens with one attached hydrogen (secondary N) is 1. The number of benzene rings is 2. The Kier molecular flexibility index (Phi) is 28.5. The summed E-state index contributed by atoms with van der Waals surface area (Å²) in [5.41, 5.74) is 4.83. The maximum absolute atomic E-state index is 12.3. The van der Waals surface area contributed by atoms with Crippen LogP contribution in [0.5, 0.6) is 0 Å². The Hall–Kier alpha value is -2.61. The van der Waals surface area contributed by atoms with Crippen LogP contribution in [0.25, 0.3) is 11.1 Å². The first-order valence-electron chi connectivity index (χ1n) is 21.0. The van der Waals surface area contributed by atoms with Gasteiger partial charge in [-0.15, -0.1) is 0 Å². The van der Waals surface area contributed by atoms with Crippen molar-refractivity contribution in [1.82, 2.24) is 5.32 Å². The van der Waals surface area contributed by atoms with E-state index in [1.54, 1.807) is 0 Å². The molecule has 0 aliphatic heterocycles. The van der Waals surface area contributed by atoms with Crippen LogP contribution in [0.15, 0.2) is 48.5 Å². The Morgan fingerprint density at radius 3 is 1.22 bits per heavy atom. The molecule has 3 rings (SSSR count). The molecule has 0 aromatic heterocycles. The molecule has 2 aromatic carbocycles. The predicted octanol–water partition coefficient (Wildman–Crippen LogP) is 7.97. The molecule has 0 saturated heterocycles. The summed E-state index contributed by atoms with van der Waals surface area (Å²) in [7, 11) is 0. The largest absolute Gasteiger partial charge is 0.449 e. The summed E-state index contributed by atoms with van der Waals surface area (Å²) in [6.07, 6.45) is 13.7. The third-order valence-corrected chi connectivity index (χ3v) is 9.32. The Morgan fingerprint density at radius 2 is 0.800 bits per heavy atom. The second-order valence-electron chi connectivity index (χ2n) is 13.7. The van der Waals surface area contributed by atoms with Crippen molar-refractivity contribution in [3.63, 3.8) is 0 Å². The summed E-state index contributed by atoms with van der Waals surface area (Å²) in [4.78, 5) is 12.3. The van der Waals surface area contributed by atoms with Crippen LogP contribution in [0, 0.1) is 0 Å². The number of unbranched alkanes of at least 4 members (excludes halogenated alkanes) is 9. The third kappa shape index (κ3) is 22.7. The molecule has 1 amide bonds. The Morgan fingerprint density at radius 1 is 0.455 bits per heavy atom. The number of fused-ring (bicyclic) bond motifs is 3. The van der Waals surface area contributed by atoms with Crippen LogP contribution >= 0.6 is 0 Å². The first kappa shape index (κ1) is 46.8. The molecule has 0 bridgehead atoms. The van der Waals surface area contributed by atoms with Gasteiger partial charge in [0.05, 0.1) is 92.5 Å². The Balaban J connectivity index is 0.941. The van der Waals surface area contributed by atoms with Crippen LogP contribution in [0.1, 0.15) is 94.6 Å². The quantitative estimate of drug-likeness (QED) is 0.0675. The lowest BCUT2D eigenvalue weighted by atomic mass is 9.98. The van der Waals surface area contributed by atoms with Crippen LogP contribution in [0.3, 0.4) is 0 Å². The van der Waals surface area contributed by atoms with Crippen molar-refractivity contribution in [2.45, 2.75) is 83.5 Å². The summed E-state index contributed by atoms with van der Waals surface area (Å²) >= 11 is 0. The topological polar surface area (TPSA) is 112 Å². The molecule has 1 N–H and O–H groups in total. The third-order valence-electron chi connectivity index (χ3n) is 9.32. The van der Waals surface area contributed by atoms with E-state index in [0.717, 1.165) is 13.0 Å². The van der Waals surface area contributed by atoms with Gasteiger partial charge in [0.1, 0.15) is 6.61 Å². The van der Waals surface area contributed by atoms with Gasteiger partial charge in [0.2, 0.25) is 0 Å². The van der Waals surface area contributed by atoms with Gasteiger partial charge in [0.15, 0.2) is 0 Å². The zero-order chi connectivity index (χ0) is 38.7. The van der Waals surface area contributed by atoms with Crippen molar-refractivity contribution in [3.8, 4) is 11.1 Å². The maximum Gasteiger partial charge on any atom is 0.407 e. The van der Waals surface area contributed by atoms with Crippen molar-refractivity contribution in [3.05, 3.63) is 59.7 Å². The number of alkyl carbamates (subject to hydrolysis) is 1. The second-order valence-corrected chi connectivity index (χ2v) is 13.7. The summed E-state index contributed by atoms with van der Waals surface area (Å²) in [5.74, 6) is 0.0547. The van der Waals surface area contributed by atoms with E-state index in [1.165, 1.54) is 80.0 Å². The molecule has 55 heavy (non-hydrogen) atoms. The molecule has 0 spiro atoms. The molecule has 0 radical (unpaired) electrons. The average molecular weight is 774 g/mol. The highest BCUT2D eigenvalue weighted by molar-refractivity contribution is 5.79. The molecule has 0 unspecified atom stereocenters. The molecular formula is C44H71NO10. The molecule has 11 nitrogen and oxygen atoms in total. The minimum atomic E-state index is -0.409. The smallest absolute Gasteiger partial charge is 0.407 e. The molecule has 2 aromatic rings. The average Bonchev–Trinajstić information content (AvgIpc) is 3.53. The fourth-order valence-corrected chi connectivity index (χ4v) is 6.35. The lowest BCUT2D eigenvalue weighted by Gasteiger charge is -2.14.